The molecule has 3 rings (SSSR count). The normalized spacial score (nSPS) is 23.8. The van der Waals surface area contributed by atoms with E-state index in [0.29, 0.717) is 12.1 Å². The van der Waals surface area contributed by atoms with Crippen LogP contribution in [0.25, 0.3) is 0 Å². The van der Waals surface area contributed by atoms with Gasteiger partial charge in [-0.05, 0) is 17.7 Å². The quantitative estimate of drug-likeness (QED) is 0.904. The van der Waals surface area contributed by atoms with Crippen molar-refractivity contribution >= 4 is 15.7 Å². The number of nitrogens with one attached hydrogen (secondary N) is 1. The molecule has 2 fully saturated rings. The van der Waals surface area contributed by atoms with Crippen molar-refractivity contribution in [3.8, 4) is 5.75 Å². The van der Waals surface area contributed by atoms with Gasteiger partial charge in [0.1, 0.15) is 11.3 Å². The lowest BCUT2D eigenvalue weighted by atomic mass is 9.88. The van der Waals surface area contributed by atoms with Gasteiger partial charge in [0.05, 0.1) is 26.1 Å². The maximum Gasteiger partial charge on any atom is 0.215 e. The molecule has 1 aromatic rings. The highest BCUT2D eigenvalue weighted by atomic mass is 32.2. The summed E-state index contributed by atoms with van der Waals surface area (Å²) < 4.78 is 36.6. The maximum atomic E-state index is 12.4. The first-order chi connectivity index (χ1) is 9.98. The number of sulfonamides is 1. The molecule has 0 amide bonds. The second-order valence-electron chi connectivity index (χ2n) is 5.42. The summed E-state index contributed by atoms with van der Waals surface area (Å²) in [4.78, 5) is 0. The van der Waals surface area contributed by atoms with Crippen molar-refractivity contribution in [3.05, 3.63) is 29.8 Å². The maximum absolute atomic E-state index is 12.4. The minimum atomic E-state index is -3.36. The summed E-state index contributed by atoms with van der Waals surface area (Å²) in [7, 11) is -1.77. The minimum absolute atomic E-state index is 0.00371. The van der Waals surface area contributed by atoms with Gasteiger partial charge >= 0.3 is 0 Å². The van der Waals surface area contributed by atoms with Crippen LogP contribution < -0.4 is 4.74 Å². The monoisotopic (exact) mass is 310 g/mol. The van der Waals surface area contributed by atoms with Crippen molar-refractivity contribution in [1.29, 1.82) is 5.41 Å². The molecule has 7 heteroatoms. The van der Waals surface area contributed by atoms with Crippen molar-refractivity contribution in [3.63, 3.8) is 0 Å². The van der Waals surface area contributed by atoms with Crippen LogP contribution in [0.5, 0.6) is 5.75 Å². The van der Waals surface area contributed by atoms with Crippen LogP contribution in [0.2, 0.25) is 0 Å². The van der Waals surface area contributed by atoms with E-state index in [1.54, 1.807) is 19.2 Å². The van der Waals surface area contributed by atoms with Crippen LogP contribution in [0.1, 0.15) is 12.0 Å². The Morgan fingerprint density at radius 3 is 2.52 bits per heavy atom. The highest BCUT2D eigenvalue weighted by molar-refractivity contribution is 7.89. The molecule has 6 nitrogen and oxygen atoms in total. The number of nitrogens with zero attached hydrogens (tertiary/aromatic N) is 1. The highest BCUT2D eigenvalue weighted by Crippen LogP contribution is 2.36. The minimum Gasteiger partial charge on any atom is -0.497 e. The summed E-state index contributed by atoms with van der Waals surface area (Å²) in [6, 6.07) is 7.31. The molecule has 1 N–H and O–H groups in total. The molecule has 2 saturated heterocycles. The summed E-state index contributed by atoms with van der Waals surface area (Å²) in [5, 5.41) is 8.12. The Kier molecular flexibility index (Phi) is 3.51. The average molecular weight is 310 g/mol. The van der Waals surface area contributed by atoms with Crippen molar-refractivity contribution in [2.24, 2.45) is 0 Å². The molecule has 2 aliphatic rings. The van der Waals surface area contributed by atoms with Crippen LogP contribution in [-0.2, 0) is 21.3 Å². The van der Waals surface area contributed by atoms with Gasteiger partial charge in [-0.3, -0.25) is 0 Å². The lowest BCUT2D eigenvalue weighted by Crippen LogP contribution is -2.70. The molecule has 0 aromatic heterocycles. The van der Waals surface area contributed by atoms with E-state index in [2.05, 4.69) is 0 Å². The fourth-order valence-corrected chi connectivity index (χ4v) is 4.53. The molecule has 0 saturated carbocycles. The van der Waals surface area contributed by atoms with Gasteiger partial charge in [0.2, 0.25) is 10.0 Å². The van der Waals surface area contributed by atoms with Crippen LogP contribution in [0.15, 0.2) is 24.3 Å². The first-order valence-corrected chi connectivity index (χ1v) is 8.38. The third kappa shape index (κ3) is 2.35. The van der Waals surface area contributed by atoms with E-state index in [0.717, 1.165) is 11.3 Å². The van der Waals surface area contributed by atoms with E-state index in [9.17, 15) is 8.42 Å². The Morgan fingerprint density at radius 2 is 2.00 bits per heavy atom. The van der Waals surface area contributed by atoms with Crippen LogP contribution in [0.4, 0.5) is 0 Å². The number of methoxy groups -OCH3 is 1. The predicted octanol–water partition coefficient (Wildman–Crippen LogP) is 1.02. The van der Waals surface area contributed by atoms with E-state index in [-0.39, 0.29) is 25.5 Å². The Morgan fingerprint density at radius 1 is 1.33 bits per heavy atom. The van der Waals surface area contributed by atoms with Crippen molar-refractivity contribution in [2.75, 3.05) is 26.1 Å². The lowest BCUT2D eigenvalue weighted by molar-refractivity contribution is -0.0765. The van der Waals surface area contributed by atoms with Crippen LogP contribution in [0, 0.1) is 5.41 Å². The molecule has 0 unspecified atom stereocenters. The zero-order valence-corrected chi connectivity index (χ0v) is 12.6. The molecule has 0 radical (unpaired) electrons. The molecule has 0 aliphatic carbocycles. The number of benzene rings is 1. The molecule has 0 atom stereocenters. The topological polar surface area (TPSA) is 79.7 Å². The molecule has 2 heterocycles. The fourth-order valence-electron chi connectivity index (χ4n) is 2.75. The number of rotatable bonds is 3. The number of hydrogen-bond acceptors (Lipinski definition) is 5. The SMILES string of the molecule is COc1ccc(CN2C3(COC3)C(=N)CCS2(=O)=O)cc1. The summed E-state index contributed by atoms with van der Waals surface area (Å²) in [5.41, 5.74) is 0.564. The third-order valence-electron chi connectivity index (χ3n) is 4.15. The average Bonchev–Trinajstić information content (AvgIpc) is 2.42. The van der Waals surface area contributed by atoms with Crippen LogP contribution in [-0.4, -0.2) is 50.1 Å². The summed E-state index contributed by atoms with van der Waals surface area (Å²) >= 11 is 0. The second-order valence-corrected chi connectivity index (χ2v) is 7.44. The predicted molar refractivity (Wildman–Crippen MR) is 78.2 cm³/mol. The Labute approximate surface area is 124 Å². The standard InChI is InChI=1S/C14H18N2O4S/c1-19-12-4-2-11(3-5-12)8-16-14(9-20-10-14)13(15)6-7-21(16,17)18/h2-5,15H,6-10H2,1H3. The molecule has 2 aliphatic heterocycles. The molecular weight excluding hydrogens is 292 g/mol. The zero-order chi connectivity index (χ0) is 15.1. The van der Waals surface area contributed by atoms with E-state index >= 15 is 0 Å². The van der Waals surface area contributed by atoms with Gasteiger partial charge in [-0.15, -0.1) is 0 Å². The Bertz CT molecular complexity index is 650. The Balaban J connectivity index is 1.90. The first kappa shape index (κ1) is 14.5. The van der Waals surface area contributed by atoms with Gasteiger partial charge in [-0.2, -0.15) is 4.31 Å². The highest BCUT2D eigenvalue weighted by Gasteiger charge is 2.55. The fraction of sp³-hybridized carbons (Fsp3) is 0.500. The molecule has 114 valence electrons. The Hall–Kier alpha value is -1.44. The van der Waals surface area contributed by atoms with Crippen molar-refractivity contribution in [2.45, 2.75) is 18.5 Å². The van der Waals surface area contributed by atoms with Crippen molar-refractivity contribution < 1.29 is 17.9 Å². The largest absolute Gasteiger partial charge is 0.497 e. The van der Waals surface area contributed by atoms with E-state index in [4.69, 9.17) is 14.9 Å². The van der Waals surface area contributed by atoms with Gasteiger partial charge in [0.15, 0.2) is 0 Å². The third-order valence-corrected chi connectivity index (χ3v) is 6.02. The number of ether oxygens (including phenoxy) is 2. The van der Waals surface area contributed by atoms with E-state index in [1.807, 2.05) is 12.1 Å². The smallest absolute Gasteiger partial charge is 0.215 e. The van der Waals surface area contributed by atoms with Crippen LogP contribution >= 0.6 is 0 Å². The van der Waals surface area contributed by atoms with E-state index < -0.39 is 15.6 Å². The second kappa shape index (κ2) is 5.08. The molecule has 21 heavy (non-hydrogen) atoms. The zero-order valence-electron chi connectivity index (χ0n) is 11.8. The van der Waals surface area contributed by atoms with Gasteiger partial charge in [-0.1, -0.05) is 12.1 Å². The lowest BCUT2D eigenvalue weighted by Gasteiger charge is -2.51. The number of hydrogen-bond donors (Lipinski definition) is 1. The molecule has 1 aromatic carbocycles. The molecular formula is C14H18N2O4S. The molecule has 0 bridgehead atoms. The molecule has 1 spiro atoms. The first-order valence-electron chi connectivity index (χ1n) is 6.77. The van der Waals surface area contributed by atoms with Gasteiger partial charge in [-0.25, -0.2) is 8.42 Å². The summed E-state index contributed by atoms with van der Waals surface area (Å²) in [6.45, 7) is 0.820. The van der Waals surface area contributed by atoms with Gasteiger partial charge in [0, 0.05) is 18.7 Å². The van der Waals surface area contributed by atoms with Crippen LogP contribution in [0.3, 0.4) is 0 Å². The summed E-state index contributed by atoms with van der Waals surface area (Å²) in [5.74, 6) is 0.735. The summed E-state index contributed by atoms with van der Waals surface area (Å²) in [6.07, 6.45) is 0.296. The van der Waals surface area contributed by atoms with E-state index in [1.165, 1.54) is 4.31 Å². The van der Waals surface area contributed by atoms with Gasteiger partial charge in [0.25, 0.3) is 0 Å². The van der Waals surface area contributed by atoms with Crippen molar-refractivity contribution in [1.82, 2.24) is 4.31 Å². The van der Waals surface area contributed by atoms with Gasteiger partial charge < -0.3 is 14.9 Å².